The summed E-state index contributed by atoms with van der Waals surface area (Å²) >= 11 is 1.52. The average Bonchev–Trinajstić information content (AvgIpc) is 2.86. The normalized spacial score (nSPS) is 10.2. The molecular formula is C10H11N3OS. The van der Waals surface area contributed by atoms with Gasteiger partial charge in [-0.3, -0.25) is 9.89 Å². The minimum Gasteiger partial charge on any atom is -0.319 e. The lowest BCUT2D eigenvalue weighted by Gasteiger charge is -1.97. The number of amides is 1. The van der Waals surface area contributed by atoms with Gasteiger partial charge in [-0.15, -0.1) is 11.3 Å². The summed E-state index contributed by atoms with van der Waals surface area (Å²) in [5.74, 6) is -0.0823. The molecule has 2 rings (SSSR count). The van der Waals surface area contributed by atoms with Gasteiger partial charge in [0.2, 0.25) is 0 Å². The van der Waals surface area contributed by atoms with Crippen molar-refractivity contribution >= 4 is 22.9 Å². The van der Waals surface area contributed by atoms with Crippen molar-refractivity contribution in [3.8, 4) is 0 Å². The minimum atomic E-state index is -0.0823. The lowest BCUT2D eigenvalue weighted by molar-refractivity contribution is 0.103. The van der Waals surface area contributed by atoms with Gasteiger partial charge in [-0.2, -0.15) is 5.10 Å². The molecule has 5 heteroatoms. The predicted octanol–water partition coefficient (Wildman–Crippen LogP) is 2.29. The standard InChI is InChI=1S/C10H11N3OS/c1-2-8-3-4-9(15-8)10(14)13-7-5-11-12-6-7/h3-6H,2H2,1H3,(H,11,12)(H,13,14). The van der Waals surface area contributed by atoms with E-state index in [4.69, 9.17) is 0 Å². The van der Waals surface area contributed by atoms with Gasteiger partial charge in [0.25, 0.3) is 5.91 Å². The molecule has 2 N–H and O–H groups in total. The van der Waals surface area contributed by atoms with Crippen molar-refractivity contribution in [1.29, 1.82) is 0 Å². The molecule has 0 spiro atoms. The van der Waals surface area contributed by atoms with E-state index in [1.165, 1.54) is 16.2 Å². The Morgan fingerprint density at radius 2 is 2.47 bits per heavy atom. The van der Waals surface area contributed by atoms with Crippen LogP contribution in [-0.4, -0.2) is 16.1 Å². The molecule has 0 aliphatic carbocycles. The van der Waals surface area contributed by atoms with E-state index in [0.717, 1.165) is 11.3 Å². The molecule has 4 nitrogen and oxygen atoms in total. The van der Waals surface area contributed by atoms with Crippen LogP contribution >= 0.6 is 11.3 Å². The summed E-state index contributed by atoms with van der Waals surface area (Å²) in [4.78, 5) is 13.6. The first-order chi connectivity index (χ1) is 7.29. The summed E-state index contributed by atoms with van der Waals surface area (Å²) in [5.41, 5.74) is 0.687. The van der Waals surface area contributed by atoms with E-state index in [2.05, 4.69) is 22.4 Å². The van der Waals surface area contributed by atoms with Crippen molar-refractivity contribution in [1.82, 2.24) is 10.2 Å². The molecule has 0 aromatic carbocycles. The van der Waals surface area contributed by atoms with Gasteiger partial charge < -0.3 is 5.32 Å². The Bertz CT molecular complexity index is 447. The van der Waals surface area contributed by atoms with Gasteiger partial charge >= 0.3 is 0 Å². The number of rotatable bonds is 3. The third-order valence-corrected chi connectivity index (χ3v) is 3.22. The molecule has 0 saturated heterocycles. The first-order valence-corrected chi connectivity index (χ1v) is 5.50. The van der Waals surface area contributed by atoms with Crippen LogP contribution < -0.4 is 5.32 Å². The number of carbonyl (C=O) groups is 1. The Morgan fingerprint density at radius 1 is 1.60 bits per heavy atom. The molecule has 2 heterocycles. The summed E-state index contributed by atoms with van der Waals surface area (Å²) in [7, 11) is 0. The number of hydrogen-bond acceptors (Lipinski definition) is 3. The van der Waals surface area contributed by atoms with Crippen molar-refractivity contribution in [2.75, 3.05) is 5.32 Å². The summed E-state index contributed by atoms with van der Waals surface area (Å²) in [6.07, 6.45) is 4.18. The van der Waals surface area contributed by atoms with E-state index in [0.29, 0.717) is 5.69 Å². The smallest absolute Gasteiger partial charge is 0.265 e. The van der Waals surface area contributed by atoms with Crippen LogP contribution in [0.15, 0.2) is 24.5 Å². The first kappa shape index (κ1) is 9.92. The minimum absolute atomic E-state index is 0.0823. The Kier molecular flexibility index (Phi) is 2.82. The molecule has 2 aromatic heterocycles. The van der Waals surface area contributed by atoms with E-state index in [1.807, 2.05) is 12.1 Å². The molecule has 0 aliphatic heterocycles. The maximum Gasteiger partial charge on any atom is 0.265 e. The second-order valence-electron chi connectivity index (χ2n) is 3.06. The summed E-state index contributed by atoms with van der Waals surface area (Å²) in [5, 5.41) is 9.15. The molecule has 0 aliphatic rings. The summed E-state index contributed by atoms with van der Waals surface area (Å²) in [6.45, 7) is 2.07. The average molecular weight is 221 g/mol. The Hall–Kier alpha value is -1.62. The second-order valence-corrected chi connectivity index (χ2v) is 4.23. The number of nitrogens with zero attached hydrogens (tertiary/aromatic N) is 1. The van der Waals surface area contributed by atoms with E-state index in [9.17, 15) is 4.79 Å². The van der Waals surface area contributed by atoms with Crippen LogP contribution in [0.25, 0.3) is 0 Å². The van der Waals surface area contributed by atoms with Crippen molar-refractivity contribution < 1.29 is 4.79 Å². The van der Waals surface area contributed by atoms with Gasteiger partial charge in [0.05, 0.1) is 16.8 Å². The Balaban J connectivity index is 2.08. The molecule has 1 amide bonds. The zero-order valence-corrected chi connectivity index (χ0v) is 9.10. The van der Waals surface area contributed by atoms with Gasteiger partial charge in [-0.25, -0.2) is 0 Å². The molecule has 2 aromatic rings. The third kappa shape index (κ3) is 2.24. The van der Waals surface area contributed by atoms with Gasteiger partial charge in [-0.05, 0) is 18.6 Å². The fourth-order valence-corrected chi connectivity index (χ4v) is 2.04. The van der Waals surface area contributed by atoms with Crippen molar-refractivity contribution in [2.24, 2.45) is 0 Å². The van der Waals surface area contributed by atoms with Crippen LogP contribution in [0.4, 0.5) is 5.69 Å². The van der Waals surface area contributed by atoms with E-state index < -0.39 is 0 Å². The van der Waals surface area contributed by atoms with Gasteiger partial charge in [0.1, 0.15) is 0 Å². The highest BCUT2D eigenvalue weighted by molar-refractivity contribution is 7.14. The third-order valence-electron chi connectivity index (χ3n) is 1.99. The van der Waals surface area contributed by atoms with Crippen molar-refractivity contribution in [3.05, 3.63) is 34.3 Å². The van der Waals surface area contributed by atoms with E-state index >= 15 is 0 Å². The number of aromatic amines is 1. The molecule has 78 valence electrons. The number of anilines is 1. The number of nitrogens with one attached hydrogen (secondary N) is 2. The monoisotopic (exact) mass is 221 g/mol. The van der Waals surface area contributed by atoms with Gasteiger partial charge in [0, 0.05) is 11.1 Å². The largest absolute Gasteiger partial charge is 0.319 e. The zero-order valence-electron chi connectivity index (χ0n) is 8.28. The zero-order chi connectivity index (χ0) is 10.7. The molecule has 0 unspecified atom stereocenters. The van der Waals surface area contributed by atoms with Crippen LogP contribution in [-0.2, 0) is 6.42 Å². The number of hydrogen-bond donors (Lipinski definition) is 2. The quantitative estimate of drug-likeness (QED) is 0.835. The van der Waals surface area contributed by atoms with Crippen LogP contribution in [0.1, 0.15) is 21.5 Å². The highest BCUT2D eigenvalue weighted by atomic mass is 32.1. The Morgan fingerprint density at radius 3 is 3.07 bits per heavy atom. The molecule has 0 atom stereocenters. The fraction of sp³-hybridized carbons (Fsp3) is 0.200. The van der Waals surface area contributed by atoms with Gasteiger partial charge in [0.15, 0.2) is 0 Å². The molecule has 0 fully saturated rings. The highest BCUT2D eigenvalue weighted by Crippen LogP contribution is 2.18. The molecular weight excluding hydrogens is 210 g/mol. The molecule has 15 heavy (non-hydrogen) atoms. The first-order valence-electron chi connectivity index (χ1n) is 4.68. The Labute approximate surface area is 91.3 Å². The topological polar surface area (TPSA) is 57.8 Å². The fourth-order valence-electron chi connectivity index (χ4n) is 1.20. The predicted molar refractivity (Wildman–Crippen MR) is 60.2 cm³/mol. The van der Waals surface area contributed by atoms with Crippen molar-refractivity contribution in [3.63, 3.8) is 0 Å². The molecule has 0 saturated carbocycles. The summed E-state index contributed by atoms with van der Waals surface area (Å²) in [6, 6.07) is 3.83. The van der Waals surface area contributed by atoms with E-state index in [1.54, 1.807) is 12.4 Å². The number of H-pyrrole nitrogens is 1. The summed E-state index contributed by atoms with van der Waals surface area (Å²) < 4.78 is 0. The maximum absolute atomic E-state index is 11.7. The second kappa shape index (κ2) is 4.27. The lowest BCUT2D eigenvalue weighted by Crippen LogP contribution is -2.09. The van der Waals surface area contributed by atoms with E-state index in [-0.39, 0.29) is 5.91 Å². The number of aromatic nitrogens is 2. The van der Waals surface area contributed by atoms with Gasteiger partial charge in [-0.1, -0.05) is 6.92 Å². The maximum atomic E-state index is 11.7. The lowest BCUT2D eigenvalue weighted by atomic mass is 10.3. The van der Waals surface area contributed by atoms with Crippen LogP contribution in [0, 0.1) is 0 Å². The number of aryl methyl sites for hydroxylation is 1. The SMILES string of the molecule is CCc1ccc(C(=O)Nc2cn[nH]c2)s1. The number of thiophene rings is 1. The van der Waals surface area contributed by atoms with Crippen molar-refractivity contribution in [2.45, 2.75) is 13.3 Å². The molecule has 0 bridgehead atoms. The molecule has 0 radical (unpaired) electrons. The van der Waals surface area contributed by atoms with Crippen LogP contribution in [0.2, 0.25) is 0 Å². The van der Waals surface area contributed by atoms with Crippen LogP contribution in [0.3, 0.4) is 0 Å². The number of carbonyl (C=O) groups excluding carboxylic acids is 1. The highest BCUT2D eigenvalue weighted by Gasteiger charge is 2.08. The van der Waals surface area contributed by atoms with Crippen LogP contribution in [0.5, 0.6) is 0 Å².